The molecule has 3 N–H and O–H groups in total. The molecule has 0 aliphatic carbocycles. The van der Waals surface area contributed by atoms with E-state index < -0.39 is 16.0 Å². The fraction of sp³-hybridized carbons (Fsp3) is 0.462. The van der Waals surface area contributed by atoms with Crippen molar-refractivity contribution in [1.82, 2.24) is 10.0 Å². The van der Waals surface area contributed by atoms with E-state index in [-0.39, 0.29) is 23.4 Å². The van der Waals surface area contributed by atoms with Crippen LogP contribution in [0.5, 0.6) is 5.75 Å². The molecular formula is C13H20N2O5S. The van der Waals surface area contributed by atoms with Crippen molar-refractivity contribution >= 4 is 16.0 Å². The summed E-state index contributed by atoms with van der Waals surface area (Å²) >= 11 is 0. The van der Waals surface area contributed by atoms with E-state index in [1.54, 1.807) is 7.05 Å². The zero-order chi connectivity index (χ0) is 15.9. The lowest BCUT2D eigenvalue weighted by atomic mass is 10.1. The van der Waals surface area contributed by atoms with E-state index in [1.807, 2.05) is 0 Å². The van der Waals surface area contributed by atoms with Crippen LogP contribution < -0.4 is 14.8 Å². The Hall–Kier alpha value is -1.64. The molecule has 0 aliphatic heterocycles. The van der Waals surface area contributed by atoms with Gasteiger partial charge in [-0.15, -0.1) is 0 Å². The third-order valence-corrected chi connectivity index (χ3v) is 4.36. The lowest BCUT2D eigenvalue weighted by Gasteiger charge is -2.12. The summed E-state index contributed by atoms with van der Waals surface area (Å²) in [6.45, 7) is 0.967. The Morgan fingerprint density at radius 3 is 2.62 bits per heavy atom. The summed E-state index contributed by atoms with van der Waals surface area (Å²) in [5.74, 6) is -0.685. The van der Waals surface area contributed by atoms with E-state index in [2.05, 4.69) is 10.0 Å². The minimum atomic E-state index is -3.74. The first-order valence-electron chi connectivity index (χ1n) is 6.43. The summed E-state index contributed by atoms with van der Waals surface area (Å²) in [6.07, 6.45) is 0.254. The number of aliphatic carboxylic acids is 1. The number of carboxylic acids is 1. The van der Waals surface area contributed by atoms with Gasteiger partial charge in [-0.3, -0.25) is 4.79 Å². The highest BCUT2D eigenvalue weighted by Crippen LogP contribution is 2.22. The summed E-state index contributed by atoms with van der Waals surface area (Å²) in [5.41, 5.74) is 0.197. The topological polar surface area (TPSA) is 105 Å². The molecule has 0 bridgehead atoms. The maximum atomic E-state index is 12.2. The Balaban J connectivity index is 3.00. The Labute approximate surface area is 124 Å². The van der Waals surface area contributed by atoms with Crippen molar-refractivity contribution in [2.45, 2.75) is 17.7 Å². The van der Waals surface area contributed by atoms with Crippen LogP contribution in [-0.2, 0) is 21.2 Å². The van der Waals surface area contributed by atoms with Crippen LogP contribution >= 0.6 is 0 Å². The zero-order valence-electron chi connectivity index (χ0n) is 12.0. The maximum absolute atomic E-state index is 12.2. The van der Waals surface area contributed by atoms with Gasteiger partial charge in [0.05, 0.1) is 18.4 Å². The predicted molar refractivity (Wildman–Crippen MR) is 78.1 cm³/mol. The molecule has 0 aliphatic rings. The predicted octanol–water partition coefficient (Wildman–Crippen LogP) is 0.210. The number of carboxylic acid groups (broad SMARTS) is 1. The van der Waals surface area contributed by atoms with Crippen LogP contribution in [0.25, 0.3) is 0 Å². The largest absolute Gasteiger partial charge is 0.497 e. The average Bonchev–Trinajstić information content (AvgIpc) is 2.42. The average molecular weight is 316 g/mol. The van der Waals surface area contributed by atoms with Crippen LogP contribution in [-0.4, -0.2) is 46.7 Å². The van der Waals surface area contributed by atoms with Crippen LogP contribution in [0, 0.1) is 0 Å². The van der Waals surface area contributed by atoms with Crippen molar-refractivity contribution in [2.75, 3.05) is 27.2 Å². The molecule has 8 heteroatoms. The van der Waals surface area contributed by atoms with Gasteiger partial charge in [-0.1, -0.05) is 0 Å². The number of hydrogen-bond acceptors (Lipinski definition) is 5. The molecule has 0 saturated heterocycles. The third-order valence-electron chi connectivity index (χ3n) is 2.79. The van der Waals surface area contributed by atoms with Crippen LogP contribution in [0.1, 0.15) is 12.0 Å². The molecule has 0 heterocycles. The molecular weight excluding hydrogens is 296 g/mol. The van der Waals surface area contributed by atoms with Gasteiger partial charge in [0.2, 0.25) is 10.0 Å². The van der Waals surface area contributed by atoms with Gasteiger partial charge in [0, 0.05) is 6.54 Å². The second-order valence-electron chi connectivity index (χ2n) is 4.40. The summed E-state index contributed by atoms with van der Waals surface area (Å²) < 4.78 is 31.9. The Bertz CT molecular complexity index is 586. The molecule has 1 rings (SSSR count). The van der Waals surface area contributed by atoms with Crippen molar-refractivity contribution < 1.29 is 23.1 Å². The molecule has 1 aromatic carbocycles. The smallest absolute Gasteiger partial charge is 0.307 e. The van der Waals surface area contributed by atoms with Crippen LogP contribution in [0.2, 0.25) is 0 Å². The van der Waals surface area contributed by atoms with E-state index >= 15 is 0 Å². The lowest BCUT2D eigenvalue weighted by molar-refractivity contribution is -0.136. The number of sulfonamides is 1. The van der Waals surface area contributed by atoms with Gasteiger partial charge >= 0.3 is 5.97 Å². The number of ether oxygens (including phenoxy) is 1. The van der Waals surface area contributed by atoms with E-state index in [0.29, 0.717) is 18.7 Å². The molecule has 0 fully saturated rings. The Morgan fingerprint density at radius 1 is 1.33 bits per heavy atom. The normalized spacial score (nSPS) is 11.3. The molecule has 0 radical (unpaired) electrons. The van der Waals surface area contributed by atoms with Crippen molar-refractivity contribution in [2.24, 2.45) is 0 Å². The zero-order valence-corrected chi connectivity index (χ0v) is 12.9. The number of methoxy groups -OCH3 is 1. The first-order valence-corrected chi connectivity index (χ1v) is 7.92. The van der Waals surface area contributed by atoms with Gasteiger partial charge in [-0.05, 0) is 43.8 Å². The summed E-state index contributed by atoms with van der Waals surface area (Å²) in [6, 6.07) is 4.28. The molecule has 0 saturated carbocycles. The van der Waals surface area contributed by atoms with Crippen LogP contribution in [0.3, 0.4) is 0 Å². The van der Waals surface area contributed by atoms with Crippen LogP contribution in [0.4, 0.5) is 0 Å². The van der Waals surface area contributed by atoms with E-state index in [0.717, 1.165) is 0 Å². The van der Waals surface area contributed by atoms with Crippen LogP contribution in [0.15, 0.2) is 23.1 Å². The standard InChI is InChI=1S/C13H20N2O5S/c1-14-6-3-7-15-21(18,19)12-5-4-11(20-2)8-10(12)9-13(16)17/h4-5,8,14-15H,3,6-7,9H2,1-2H3,(H,16,17). The minimum Gasteiger partial charge on any atom is -0.497 e. The van der Waals surface area contributed by atoms with E-state index in [9.17, 15) is 13.2 Å². The summed E-state index contributed by atoms with van der Waals surface area (Å²) in [7, 11) is -0.523. The lowest BCUT2D eigenvalue weighted by Crippen LogP contribution is -2.28. The quantitative estimate of drug-likeness (QED) is 0.563. The highest BCUT2D eigenvalue weighted by atomic mass is 32.2. The molecule has 0 amide bonds. The highest BCUT2D eigenvalue weighted by Gasteiger charge is 2.20. The molecule has 0 atom stereocenters. The van der Waals surface area contributed by atoms with E-state index in [1.165, 1.54) is 25.3 Å². The van der Waals surface area contributed by atoms with E-state index in [4.69, 9.17) is 9.84 Å². The molecule has 7 nitrogen and oxygen atoms in total. The fourth-order valence-corrected chi connectivity index (χ4v) is 3.09. The summed E-state index contributed by atoms with van der Waals surface area (Å²) in [5, 5.41) is 11.8. The molecule has 0 unspecified atom stereocenters. The second kappa shape index (κ2) is 7.96. The van der Waals surface area contributed by atoms with Gasteiger partial charge in [-0.2, -0.15) is 0 Å². The van der Waals surface area contributed by atoms with Crippen molar-refractivity contribution in [3.8, 4) is 5.75 Å². The van der Waals surface area contributed by atoms with Gasteiger partial charge in [0.25, 0.3) is 0 Å². The SMILES string of the molecule is CNCCCNS(=O)(=O)c1ccc(OC)cc1CC(=O)O. The minimum absolute atomic E-state index is 0.0323. The molecule has 0 aromatic heterocycles. The monoisotopic (exact) mass is 316 g/mol. The number of nitrogens with one attached hydrogen (secondary N) is 2. The number of hydrogen-bond donors (Lipinski definition) is 3. The van der Waals surface area contributed by atoms with Gasteiger partial charge in [-0.25, -0.2) is 13.1 Å². The third kappa shape index (κ3) is 5.33. The molecule has 0 spiro atoms. The fourth-order valence-electron chi connectivity index (χ4n) is 1.80. The first kappa shape index (κ1) is 17.4. The molecule has 118 valence electrons. The van der Waals surface area contributed by atoms with Crippen molar-refractivity contribution in [3.05, 3.63) is 23.8 Å². The Morgan fingerprint density at radius 2 is 2.05 bits per heavy atom. The number of rotatable bonds is 9. The second-order valence-corrected chi connectivity index (χ2v) is 6.13. The first-order chi connectivity index (χ1) is 9.90. The molecule has 21 heavy (non-hydrogen) atoms. The van der Waals surface area contributed by atoms with Gasteiger partial charge in [0.15, 0.2) is 0 Å². The maximum Gasteiger partial charge on any atom is 0.307 e. The molecule has 1 aromatic rings. The van der Waals surface area contributed by atoms with Crippen molar-refractivity contribution in [1.29, 1.82) is 0 Å². The van der Waals surface area contributed by atoms with Crippen molar-refractivity contribution in [3.63, 3.8) is 0 Å². The Kier molecular flexibility index (Phi) is 6.60. The summed E-state index contributed by atoms with van der Waals surface area (Å²) in [4.78, 5) is 10.9. The number of benzene rings is 1. The highest BCUT2D eigenvalue weighted by molar-refractivity contribution is 7.89. The van der Waals surface area contributed by atoms with Gasteiger partial charge < -0.3 is 15.2 Å². The number of carbonyl (C=O) groups is 1. The van der Waals surface area contributed by atoms with Gasteiger partial charge in [0.1, 0.15) is 5.75 Å².